The van der Waals surface area contributed by atoms with Crippen LogP contribution in [-0.2, 0) is 0 Å². The molecule has 0 bridgehead atoms. The van der Waals surface area contributed by atoms with E-state index < -0.39 is 0 Å². The van der Waals surface area contributed by atoms with Crippen LogP contribution in [0, 0.1) is 0 Å². The number of allylic oxidation sites excluding steroid dienone is 1. The van der Waals surface area contributed by atoms with Gasteiger partial charge in [0.05, 0.1) is 5.70 Å². The van der Waals surface area contributed by atoms with E-state index in [2.05, 4.69) is 33.8 Å². The number of hydrogen-bond donors (Lipinski definition) is 4. The minimum Gasteiger partial charge on any atom is -0.507 e. The van der Waals surface area contributed by atoms with Crippen molar-refractivity contribution in [3.8, 4) is 11.6 Å². The number of aromatic nitrogens is 1. The molecule has 2 aromatic rings. The fourth-order valence-corrected chi connectivity index (χ4v) is 4.60. The van der Waals surface area contributed by atoms with Crippen LogP contribution in [0.15, 0.2) is 60.2 Å². The number of pyridine rings is 1. The topological polar surface area (TPSA) is 127 Å². The Morgan fingerprint density at radius 1 is 1.18 bits per heavy atom. The van der Waals surface area contributed by atoms with Crippen LogP contribution in [0.4, 0.5) is 5.69 Å². The standard InChI is InChI=1S/C26H36N6O2/c1-2-6-19-17-31(23(26(28)29)16-22(27)21-9-3-4-10-24(21)33)13-14-32(19)18-11-12-30-25(15-18)34-20-7-5-8-20/h3-4,9-12,15-16,19-20,33H,2,5-8,13-14,17,27-29H2,1H3/b22-16-. The number of phenolic OH excluding ortho intramolecular Hbond substituents is 1. The van der Waals surface area contributed by atoms with Crippen LogP contribution < -0.4 is 26.8 Å². The minimum atomic E-state index is 0.123. The zero-order valence-electron chi connectivity index (χ0n) is 19.9. The van der Waals surface area contributed by atoms with Crippen molar-refractivity contribution in [2.75, 3.05) is 24.5 Å². The van der Waals surface area contributed by atoms with Crippen molar-refractivity contribution >= 4 is 11.4 Å². The molecular weight excluding hydrogens is 428 g/mol. The normalized spacial score (nSPS) is 19.0. The molecule has 0 radical (unpaired) electrons. The van der Waals surface area contributed by atoms with E-state index in [1.807, 2.05) is 12.3 Å². The molecular formula is C26H36N6O2. The van der Waals surface area contributed by atoms with E-state index in [9.17, 15) is 5.11 Å². The third kappa shape index (κ3) is 5.32. The molecule has 1 atom stereocenters. The lowest BCUT2D eigenvalue weighted by atomic mass is 9.96. The van der Waals surface area contributed by atoms with Gasteiger partial charge in [-0.15, -0.1) is 0 Å². The summed E-state index contributed by atoms with van der Waals surface area (Å²) >= 11 is 0. The van der Waals surface area contributed by atoms with Gasteiger partial charge in [-0.2, -0.15) is 0 Å². The summed E-state index contributed by atoms with van der Waals surface area (Å²) in [5, 5.41) is 10.2. The molecule has 0 spiro atoms. The molecule has 4 rings (SSSR count). The monoisotopic (exact) mass is 464 g/mol. The molecule has 1 saturated heterocycles. The van der Waals surface area contributed by atoms with E-state index in [-0.39, 0.29) is 17.6 Å². The Hall–Kier alpha value is -3.55. The van der Waals surface area contributed by atoms with Gasteiger partial charge in [-0.25, -0.2) is 4.98 Å². The molecule has 2 fully saturated rings. The molecule has 7 N–H and O–H groups in total. The number of para-hydroxylation sites is 1. The van der Waals surface area contributed by atoms with Crippen molar-refractivity contribution in [1.29, 1.82) is 0 Å². The Morgan fingerprint density at radius 2 is 1.97 bits per heavy atom. The number of ether oxygens (including phenoxy) is 1. The molecule has 1 unspecified atom stereocenters. The molecule has 1 saturated carbocycles. The Kier molecular flexibility index (Phi) is 7.35. The molecule has 1 aromatic heterocycles. The average molecular weight is 465 g/mol. The molecule has 8 heteroatoms. The maximum atomic E-state index is 10.2. The predicted molar refractivity (Wildman–Crippen MR) is 136 cm³/mol. The van der Waals surface area contributed by atoms with Gasteiger partial charge in [-0.05, 0) is 50.0 Å². The Labute approximate surface area is 201 Å². The third-order valence-electron chi connectivity index (χ3n) is 6.64. The number of nitrogens with two attached hydrogens (primary N) is 3. The SMILES string of the molecule is CCCC1CN(C(/C=C(\N)c2ccccc2O)=C(N)N)CCN1c1ccnc(OC2CCC2)c1. The largest absolute Gasteiger partial charge is 0.507 e. The Morgan fingerprint density at radius 3 is 2.65 bits per heavy atom. The second-order valence-corrected chi connectivity index (χ2v) is 9.06. The lowest BCUT2D eigenvalue weighted by Crippen LogP contribution is -2.53. The van der Waals surface area contributed by atoms with Gasteiger partial charge in [0.2, 0.25) is 5.88 Å². The highest BCUT2D eigenvalue weighted by molar-refractivity contribution is 5.70. The number of nitrogens with zero attached hydrogens (tertiary/aromatic N) is 3. The van der Waals surface area contributed by atoms with Crippen molar-refractivity contribution in [3.05, 3.63) is 65.8 Å². The van der Waals surface area contributed by atoms with Gasteiger partial charge < -0.3 is 36.8 Å². The summed E-state index contributed by atoms with van der Waals surface area (Å²) in [5.41, 5.74) is 21.3. The second-order valence-electron chi connectivity index (χ2n) is 9.06. The maximum Gasteiger partial charge on any atom is 0.215 e. The first kappa shape index (κ1) is 23.6. The highest BCUT2D eigenvalue weighted by Crippen LogP contribution is 2.30. The van der Waals surface area contributed by atoms with Gasteiger partial charge in [0.25, 0.3) is 0 Å². The zero-order chi connectivity index (χ0) is 24.1. The number of hydrogen-bond acceptors (Lipinski definition) is 8. The molecule has 2 aliphatic rings. The molecule has 2 heterocycles. The van der Waals surface area contributed by atoms with Gasteiger partial charge in [-0.3, -0.25) is 0 Å². The highest BCUT2D eigenvalue weighted by Gasteiger charge is 2.29. The smallest absolute Gasteiger partial charge is 0.215 e. The number of rotatable bonds is 8. The van der Waals surface area contributed by atoms with Crippen LogP contribution >= 0.6 is 0 Å². The van der Waals surface area contributed by atoms with Gasteiger partial charge in [0.15, 0.2) is 0 Å². The molecule has 1 aliphatic heterocycles. The van der Waals surface area contributed by atoms with Crippen LogP contribution in [0.5, 0.6) is 11.6 Å². The lowest BCUT2D eigenvalue weighted by Gasteiger charge is -2.44. The zero-order valence-corrected chi connectivity index (χ0v) is 19.9. The van der Waals surface area contributed by atoms with Crippen LogP contribution in [0.25, 0.3) is 5.70 Å². The fourth-order valence-electron chi connectivity index (χ4n) is 4.60. The first-order valence-electron chi connectivity index (χ1n) is 12.1. The summed E-state index contributed by atoms with van der Waals surface area (Å²) in [4.78, 5) is 9.03. The Bertz CT molecular complexity index is 1050. The lowest BCUT2D eigenvalue weighted by molar-refractivity contribution is 0.114. The summed E-state index contributed by atoms with van der Waals surface area (Å²) in [5.74, 6) is 1.03. The number of anilines is 1. The molecule has 8 nitrogen and oxygen atoms in total. The highest BCUT2D eigenvalue weighted by atomic mass is 16.5. The van der Waals surface area contributed by atoms with Crippen molar-refractivity contribution in [2.45, 2.75) is 51.2 Å². The van der Waals surface area contributed by atoms with Crippen molar-refractivity contribution in [1.82, 2.24) is 9.88 Å². The summed E-state index contributed by atoms with van der Waals surface area (Å²) in [6.07, 6.45) is 9.41. The van der Waals surface area contributed by atoms with Crippen LogP contribution in [0.2, 0.25) is 0 Å². The van der Waals surface area contributed by atoms with E-state index in [0.717, 1.165) is 51.0 Å². The molecule has 182 valence electrons. The number of piperazine rings is 1. The fraction of sp³-hybridized carbons (Fsp3) is 0.423. The molecule has 1 aliphatic carbocycles. The third-order valence-corrected chi connectivity index (χ3v) is 6.64. The van der Waals surface area contributed by atoms with E-state index >= 15 is 0 Å². The summed E-state index contributed by atoms with van der Waals surface area (Å²) in [7, 11) is 0. The summed E-state index contributed by atoms with van der Waals surface area (Å²) in [6, 6.07) is 11.4. The van der Waals surface area contributed by atoms with Crippen LogP contribution in [0.1, 0.15) is 44.6 Å². The molecule has 1 aromatic carbocycles. The number of aromatic hydroxyl groups is 1. The van der Waals surface area contributed by atoms with Crippen molar-refractivity contribution in [3.63, 3.8) is 0 Å². The second kappa shape index (κ2) is 10.6. The van der Waals surface area contributed by atoms with E-state index in [4.69, 9.17) is 21.9 Å². The van der Waals surface area contributed by atoms with E-state index in [1.54, 1.807) is 24.3 Å². The van der Waals surface area contributed by atoms with Gasteiger partial charge in [0.1, 0.15) is 17.7 Å². The molecule has 0 amide bonds. The van der Waals surface area contributed by atoms with Crippen molar-refractivity contribution < 1.29 is 9.84 Å². The van der Waals surface area contributed by atoms with Gasteiger partial charge in [-0.1, -0.05) is 25.5 Å². The number of benzene rings is 1. The van der Waals surface area contributed by atoms with Gasteiger partial charge in [0, 0.05) is 54.9 Å². The van der Waals surface area contributed by atoms with E-state index in [0.29, 0.717) is 28.9 Å². The molecule has 34 heavy (non-hydrogen) atoms. The van der Waals surface area contributed by atoms with Crippen molar-refractivity contribution in [2.24, 2.45) is 17.2 Å². The van der Waals surface area contributed by atoms with Gasteiger partial charge >= 0.3 is 0 Å². The first-order valence-corrected chi connectivity index (χ1v) is 12.1. The van der Waals surface area contributed by atoms with Crippen LogP contribution in [0.3, 0.4) is 0 Å². The quantitative estimate of drug-likeness (QED) is 0.439. The summed E-state index contributed by atoms with van der Waals surface area (Å²) in [6.45, 7) is 4.49. The summed E-state index contributed by atoms with van der Waals surface area (Å²) < 4.78 is 6.03. The maximum absolute atomic E-state index is 10.2. The van der Waals surface area contributed by atoms with Crippen LogP contribution in [-0.4, -0.2) is 46.8 Å². The number of phenols is 1. The first-order chi connectivity index (χ1) is 16.5. The van der Waals surface area contributed by atoms with E-state index in [1.165, 1.54) is 6.42 Å². The minimum absolute atomic E-state index is 0.123. The average Bonchev–Trinajstić information content (AvgIpc) is 2.80. The predicted octanol–water partition coefficient (Wildman–Crippen LogP) is 3.10. The Balaban J connectivity index is 1.53.